The quantitative estimate of drug-likeness (QED) is 0.759. The van der Waals surface area contributed by atoms with Crippen LogP contribution >= 0.6 is 0 Å². The molecule has 0 radical (unpaired) electrons. The summed E-state index contributed by atoms with van der Waals surface area (Å²) >= 11 is 0. The number of furan rings is 1. The molecule has 5 nitrogen and oxygen atoms in total. The summed E-state index contributed by atoms with van der Waals surface area (Å²) in [5.74, 6) is 0.532. The molecule has 17 heavy (non-hydrogen) atoms. The zero-order chi connectivity index (χ0) is 12.8. The van der Waals surface area contributed by atoms with Gasteiger partial charge in [-0.3, -0.25) is 0 Å². The van der Waals surface area contributed by atoms with E-state index in [-0.39, 0.29) is 11.8 Å². The summed E-state index contributed by atoms with van der Waals surface area (Å²) in [5, 5.41) is 3.31. The van der Waals surface area contributed by atoms with Gasteiger partial charge < -0.3 is 19.4 Å². The van der Waals surface area contributed by atoms with Gasteiger partial charge in [-0.15, -0.1) is 0 Å². The molecule has 0 aliphatic carbocycles. The van der Waals surface area contributed by atoms with Crippen molar-refractivity contribution in [1.29, 1.82) is 0 Å². The molecule has 0 amide bonds. The second kappa shape index (κ2) is 6.42. The highest BCUT2D eigenvalue weighted by molar-refractivity contribution is 5.86. The summed E-state index contributed by atoms with van der Waals surface area (Å²) in [5.41, 5.74) is 0. The molecule has 96 valence electrons. The molecular weight excluding hydrogens is 220 g/mol. The number of carbonyl (C=O) groups excluding carboxylic acids is 1. The van der Waals surface area contributed by atoms with Crippen molar-refractivity contribution >= 4 is 5.97 Å². The van der Waals surface area contributed by atoms with Gasteiger partial charge in [0.2, 0.25) is 5.76 Å². The molecule has 1 heterocycles. The zero-order valence-corrected chi connectivity index (χ0v) is 10.8. The Labute approximate surface area is 102 Å². The van der Waals surface area contributed by atoms with Gasteiger partial charge in [-0.1, -0.05) is 0 Å². The number of hydrogen-bond acceptors (Lipinski definition) is 5. The van der Waals surface area contributed by atoms with Gasteiger partial charge in [0.15, 0.2) is 0 Å². The third-order valence-corrected chi connectivity index (χ3v) is 2.45. The van der Waals surface area contributed by atoms with Crippen molar-refractivity contribution in [2.75, 3.05) is 34.3 Å². The fraction of sp³-hybridized carbons (Fsp3) is 0.583. The number of likely N-dealkylation sites (N-methyl/N-ethyl adjacent to an activating group) is 1. The molecule has 0 aromatic carbocycles. The van der Waals surface area contributed by atoms with Gasteiger partial charge in [0, 0.05) is 13.1 Å². The SMILES string of the molecule is COC(=O)c1ccc(C(C)NCCN(C)C)o1. The van der Waals surface area contributed by atoms with Crippen molar-refractivity contribution in [3.8, 4) is 0 Å². The highest BCUT2D eigenvalue weighted by atomic mass is 16.5. The second-order valence-electron chi connectivity index (χ2n) is 4.17. The fourth-order valence-corrected chi connectivity index (χ4v) is 1.40. The molecule has 1 atom stereocenters. The van der Waals surface area contributed by atoms with Gasteiger partial charge in [-0.25, -0.2) is 4.79 Å². The van der Waals surface area contributed by atoms with Crippen LogP contribution in [0.25, 0.3) is 0 Å². The number of methoxy groups -OCH3 is 1. The van der Waals surface area contributed by atoms with E-state index in [2.05, 4.69) is 15.0 Å². The maximum Gasteiger partial charge on any atom is 0.373 e. The van der Waals surface area contributed by atoms with Crippen LogP contribution in [0.4, 0.5) is 0 Å². The Morgan fingerprint density at radius 3 is 2.82 bits per heavy atom. The molecule has 0 bridgehead atoms. The minimum atomic E-state index is -0.447. The van der Waals surface area contributed by atoms with Gasteiger partial charge >= 0.3 is 5.97 Å². The van der Waals surface area contributed by atoms with E-state index in [1.807, 2.05) is 21.0 Å². The Morgan fingerprint density at radius 1 is 1.53 bits per heavy atom. The van der Waals surface area contributed by atoms with Crippen LogP contribution in [-0.2, 0) is 4.74 Å². The summed E-state index contributed by atoms with van der Waals surface area (Å²) in [7, 11) is 5.38. The van der Waals surface area contributed by atoms with Gasteiger partial charge in [-0.2, -0.15) is 0 Å². The first-order valence-corrected chi connectivity index (χ1v) is 5.60. The van der Waals surface area contributed by atoms with E-state index in [4.69, 9.17) is 4.42 Å². The smallest absolute Gasteiger partial charge is 0.373 e. The Hall–Kier alpha value is -1.33. The van der Waals surface area contributed by atoms with Crippen molar-refractivity contribution in [1.82, 2.24) is 10.2 Å². The van der Waals surface area contributed by atoms with E-state index < -0.39 is 5.97 Å². The normalized spacial score (nSPS) is 12.8. The largest absolute Gasteiger partial charge is 0.463 e. The predicted octanol–water partition coefficient (Wildman–Crippen LogP) is 1.28. The van der Waals surface area contributed by atoms with Crippen LogP contribution in [0.2, 0.25) is 0 Å². The standard InChI is InChI=1S/C12H20N2O3/c1-9(13-7-8-14(2)3)10-5-6-11(17-10)12(15)16-4/h5-6,9,13H,7-8H2,1-4H3. The zero-order valence-electron chi connectivity index (χ0n) is 10.8. The lowest BCUT2D eigenvalue weighted by molar-refractivity contribution is 0.0562. The minimum absolute atomic E-state index is 0.0772. The lowest BCUT2D eigenvalue weighted by atomic mass is 10.2. The topological polar surface area (TPSA) is 54.7 Å². The Morgan fingerprint density at radius 2 is 2.24 bits per heavy atom. The Bertz CT molecular complexity index is 360. The maximum atomic E-state index is 11.2. The third kappa shape index (κ3) is 4.20. The van der Waals surface area contributed by atoms with Crippen LogP contribution in [0.1, 0.15) is 29.3 Å². The predicted molar refractivity (Wildman–Crippen MR) is 65.0 cm³/mol. The van der Waals surface area contributed by atoms with E-state index in [0.29, 0.717) is 0 Å². The first kappa shape index (κ1) is 13.7. The lowest BCUT2D eigenvalue weighted by Gasteiger charge is -2.14. The molecule has 1 unspecified atom stereocenters. The Kier molecular flexibility index (Phi) is 5.18. The van der Waals surface area contributed by atoms with E-state index in [9.17, 15) is 4.79 Å². The number of esters is 1. The first-order chi connectivity index (χ1) is 8.04. The highest BCUT2D eigenvalue weighted by Crippen LogP contribution is 2.16. The average Bonchev–Trinajstić information content (AvgIpc) is 2.76. The van der Waals surface area contributed by atoms with Gasteiger partial charge in [0.05, 0.1) is 13.2 Å². The summed E-state index contributed by atoms with van der Waals surface area (Å²) in [6, 6.07) is 3.50. The minimum Gasteiger partial charge on any atom is -0.463 e. The van der Waals surface area contributed by atoms with Crippen molar-refractivity contribution in [2.24, 2.45) is 0 Å². The molecule has 5 heteroatoms. The molecule has 1 aromatic rings. The molecule has 1 N–H and O–H groups in total. The van der Waals surface area contributed by atoms with Crippen LogP contribution in [0.3, 0.4) is 0 Å². The van der Waals surface area contributed by atoms with E-state index in [1.165, 1.54) is 7.11 Å². The monoisotopic (exact) mass is 240 g/mol. The second-order valence-corrected chi connectivity index (χ2v) is 4.17. The molecule has 0 aliphatic rings. The van der Waals surface area contributed by atoms with E-state index in [0.717, 1.165) is 18.8 Å². The average molecular weight is 240 g/mol. The molecule has 1 rings (SSSR count). The van der Waals surface area contributed by atoms with Crippen LogP contribution in [0.15, 0.2) is 16.5 Å². The molecule has 0 spiro atoms. The van der Waals surface area contributed by atoms with Crippen molar-refractivity contribution < 1.29 is 13.9 Å². The van der Waals surface area contributed by atoms with Crippen molar-refractivity contribution in [3.05, 3.63) is 23.7 Å². The lowest BCUT2D eigenvalue weighted by Crippen LogP contribution is -2.28. The van der Waals surface area contributed by atoms with Crippen LogP contribution in [0, 0.1) is 0 Å². The number of carbonyl (C=O) groups is 1. The van der Waals surface area contributed by atoms with Crippen molar-refractivity contribution in [3.63, 3.8) is 0 Å². The summed E-state index contributed by atoms with van der Waals surface area (Å²) in [4.78, 5) is 13.3. The Balaban J connectivity index is 2.49. The highest BCUT2D eigenvalue weighted by Gasteiger charge is 2.14. The molecule has 0 saturated carbocycles. The van der Waals surface area contributed by atoms with Gasteiger partial charge in [0.1, 0.15) is 5.76 Å². The fourth-order valence-electron chi connectivity index (χ4n) is 1.40. The van der Waals surface area contributed by atoms with Crippen LogP contribution < -0.4 is 5.32 Å². The number of ether oxygens (including phenoxy) is 1. The third-order valence-electron chi connectivity index (χ3n) is 2.45. The summed E-state index contributed by atoms with van der Waals surface area (Å²) in [6.45, 7) is 3.81. The summed E-state index contributed by atoms with van der Waals surface area (Å²) < 4.78 is 9.99. The van der Waals surface area contributed by atoms with E-state index in [1.54, 1.807) is 12.1 Å². The molecule has 0 aliphatic heterocycles. The molecule has 0 saturated heterocycles. The number of hydrogen-bond donors (Lipinski definition) is 1. The first-order valence-electron chi connectivity index (χ1n) is 5.60. The number of nitrogens with one attached hydrogen (secondary N) is 1. The summed E-state index contributed by atoms with van der Waals surface area (Å²) in [6.07, 6.45) is 0. The molecule has 0 fully saturated rings. The maximum absolute atomic E-state index is 11.2. The van der Waals surface area contributed by atoms with E-state index >= 15 is 0 Å². The number of nitrogens with zero attached hydrogens (tertiary/aromatic N) is 1. The molecular formula is C12H20N2O3. The van der Waals surface area contributed by atoms with Gasteiger partial charge in [0.25, 0.3) is 0 Å². The van der Waals surface area contributed by atoms with Gasteiger partial charge in [-0.05, 0) is 33.2 Å². The van der Waals surface area contributed by atoms with Crippen LogP contribution in [-0.4, -0.2) is 45.2 Å². The number of rotatable bonds is 6. The molecule has 1 aromatic heterocycles. The van der Waals surface area contributed by atoms with Crippen LogP contribution in [0.5, 0.6) is 0 Å². The van der Waals surface area contributed by atoms with Crippen molar-refractivity contribution in [2.45, 2.75) is 13.0 Å².